The van der Waals surface area contributed by atoms with Crippen LogP contribution in [-0.2, 0) is 0 Å². The van der Waals surface area contributed by atoms with Crippen molar-refractivity contribution in [3.8, 4) is 0 Å². The average molecular weight is 289 g/mol. The highest BCUT2D eigenvalue weighted by molar-refractivity contribution is 7.20. The minimum absolute atomic E-state index is 0.0532. The molecule has 1 amide bonds. The number of fused-ring (bicyclic) bond motifs is 1. The second-order valence-corrected chi connectivity index (χ2v) is 7.09. The highest BCUT2D eigenvalue weighted by atomic mass is 32.1. The Balaban J connectivity index is 2.04. The number of hydrogen-bond donors (Lipinski definition) is 1. The zero-order valence-corrected chi connectivity index (χ0v) is 13.5. The molecule has 2 nitrogen and oxygen atoms in total. The molecule has 1 heterocycles. The van der Waals surface area contributed by atoms with Crippen LogP contribution in [-0.4, -0.2) is 12.5 Å². The largest absolute Gasteiger partial charge is 0.351 e. The van der Waals surface area contributed by atoms with Crippen molar-refractivity contribution in [1.29, 1.82) is 0 Å². The van der Waals surface area contributed by atoms with Gasteiger partial charge < -0.3 is 5.32 Å². The molecule has 1 aromatic heterocycles. The summed E-state index contributed by atoms with van der Waals surface area (Å²) >= 11 is 1.56. The molecule has 0 aliphatic carbocycles. The molecule has 1 N–H and O–H groups in total. The smallest absolute Gasteiger partial charge is 0.261 e. The molecule has 2 rings (SSSR count). The lowest BCUT2D eigenvalue weighted by molar-refractivity contribution is 0.0941. The van der Waals surface area contributed by atoms with E-state index in [0.29, 0.717) is 17.8 Å². The molecule has 20 heavy (non-hydrogen) atoms. The Bertz CT molecular complexity index is 544. The van der Waals surface area contributed by atoms with E-state index in [2.05, 4.69) is 39.1 Å². The summed E-state index contributed by atoms with van der Waals surface area (Å²) in [5, 5.41) is 4.24. The summed E-state index contributed by atoms with van der Waals surface area (Å²) in [5.74, 6) is 1.74. The van der Waals surface area contributed by atoms with Gasteiger partial charge in [-0.3, -0.25) is 4.79 Å². The topological polar surface area (TPSA) is 29.1 Å². The summed E-state index contributed by atoms with van der Waals surface area (Å²) in [6, 6.07) is 10.1. The number of thiophene rings is 1. The van der Waals surface area contributed by atoms with Crippen LogP contribution < -0.4 is 5.32 Å². The first-order valence-corrected chi connectivity index (χ1v) is 8.07. The normalized spacial score (nSPS) is 11.8. The maximum atomic E-state index is 12.3. The van der Waals surface area contributed by atoms with E-state index in [1.165, 1.54) is 4.70 Å². The number of nitrogens with one attached hydrogen (secondary N) is 1. The van der Waals surface area contributed by atoms with Crippen LogP contribution >= 0.6 is 11.3 Å². The van der Waals surface area contributed by atoms with Gasteiger partial charge in [-0.2, -0.15) is 0 Å². The third-order valence-corrected chi connectivity index (χ3v) is 4.98. The number of amides is 1. The standard InChI is InChI=1S/C17H23NOS/c1-11(2)14(12(3)4)10-18-17(19)16-9-13-7-5-6-8-15(13)20-16/h5-9,11-12,14H,10H2,1-4H3,(H,18,19). The number of hydrogen-bond acceptors (Lipinski definition) is 2. The van der Waals surface area contributed by atoms with Crippen molar-refractivity contribution in [3.63, 3.8) is 0 Å². The quantitative estimate of drug-likeness (QED) is 0.859. The van der Waals surface area contributed by atoms with E-state index in [1.54, 1.807) is 11.3 Å². The molecular formula is C17H23NOS. The SMILES string of the molecule is CC(C)C(CNC(=O)c1cc2ccccc2s1)C(C)C. The van der Waals surface area contributed by atoms with E-state index in [-0.39, 0.29) is 5.91 Å². The monoisotopic (exact) mass is 289 g/mol. The zero-order valence-electron chi connectivity index (χ0n) is 12.6. The Morgan fingerprint density at radius 3 is 2.40 bits per heavy atom. The predicted octanol–water partition coefficient (Wildman–Crippen LogP) is 4.56. The van der Waals surface area contributed by atoms with Crippen LogP contribution in [0.4, 0.5) is 0 Å². The molecule has 0 aliphatic rings. The summed E-state index contributed by atoms with van der Waals surface area (Å²) < 4.78 is 1.17. The summed E-state index contributed by atoms with van der Waals surface area (Å²) in [6.45, 7) is 9.63. The Morgan fingerprint density at radius 1 is 1.15 bits per heavy atom. The fraction of sp³-hybridized carbons (Fsp3) is 0.471. The van der Waals surface area contributed by atoms with Gasteiger partial charge in [0.25, 0.3) is 5.91 Å². The first kappa shape index (κ1) is 15.0. The van der Waals surface area contributed by atoms with E-state index in [9.17, 15) is 4.79 Å². The lowest BCUT2D eigenvalue weighted by atomic mass is 9.85. The minimum atomic E-state index is 0.0532. The van der Waals surface area contributed by atoms with Gasteiger partial charge in [-0.1, -0.05) is 45.9 Å². The van der Waals surface area contributed by atoms with Crippen molar-refractivity contribution in [1.82, 2.24) is 5.32 Å². The lowest BCUT2D eigenvalue weighted by Crippen LogP contribution is -2.33. The van der Waals surface area contributed by atoms with Gasteiger partial charge in [0.05, 0.1) is 4.88 Å². The van der Waals surface area contributed by atoms with Crippen molar-refractivity contribution in [3.05, 3.63) is 35.2 Å². The molecule has 0 bridgehead atoms. The molecule has 0 spiro atoms. The van der Waals surface area contributed by atoms with E-state index in [0.717, 1.165) is 16.8 Å². The summed E-state index contributed by atoms with van der Waals surface area (Å²) in [7, 11) is 0. The maximum absolute atomic E-state index is 12.3. The van der Waals surface area contributed by atoms with Gasteiger partial charge in [-0.25, -0.2) is 0 Å². The van der Waals surface area contributed by atoms with Crippen molar-refractivity contribution in [2.75, 3.05) is 6.54 Å². The second-order valence-electron chi connectivity index (χ2n) is 6.01. The van der Waals surface area contributed by atoms with Crippen molar-refractivity contribution < 1.29 is 4.79 Å². The van der Waals surface area contributed by atoms with Crippen LogP contribution in [0.1, 0.15) is 37.4 Å². The van der Waals surface area contributed by atoms with Crippen molar-refractivity contribution in [2.45, 2.75) is 27.7 Å². The first-order chi connectivity index (χ1) is 9.49. The molecule has 0 unspecified atom stereocenters. The fourth-order valence-electron chi connectivity index (χ4n) is 2.63. The van der Waals surface area contributed by atoms with Gasteiger partial charge >= 0.3 is 0 Å². The molecule has 0 atom stereocenters. The average Bonchev–Trinajstić information content (AvgIpc) is 2.81. The number of benzene rings is 1. The van der Waals surface area contributed by atoms with Crippen LogP contribution in [0.2, 0.25) is 0 Å². The van der Waals surface area contributed by atoms with Crippen LogP contribution in [0.15, 0.2) is 30.3 Å². The molecule has 0 saturated carbocycles. The van der Waals surface area contributed by atoms with Gasteiger partial charge in [0.15, 0.2) is 0 Å². The van der Waals surface area contributed by atoms with E-state index < -0.39 is 0 Å². The molecule has 1 aromatic carbocycles. The molecule has 108 valence electrons. The number of carbonyl (C=O) groups is 1. The third kappa shape index (κ3) is 3.40. The number of carbonyl (C=O) groups excluding carboxylic acids is 1. The van der Waals surface area contributed by atoms with E-state index >= 15 is 0 Å². The Kier molecular flexibility index (Phi) is 4.81. The van der Waals surface area contributed by atoms with Gasteiger partial charge in [0.1, 0.15) is 0 Å². The number of rotatable bonds is 5. The predicted molar refractivity (Wildman–Crippen MR) is 87.3 cm³/mol. The van der Waals surface area contributed by atoms with Crippen LogP contribution in [0.5, 0.6) is 0 Å². The molecule has 2 aromatic rings. The van der Waals surface area contributed by atoms with Crippen LogP contribution in [0.3, 0.4) is 0 Å². The maximum Gasteiger partial charge on any atom is 0.261 e. The zero-order chi connectivity index (χ0) is 14.7. The third-order valence-electron chi connectivity index (χ3n) is 3.86. The van der Waals surface area contributed by atoms with Crippen molar-refractivity contribution >= 4 is 27.3 Å². The highest BCUT2D eigenvalue weighted by Gasteiger charge is 2.19. The highest BCUT2D eigenvalue weighted by Crippen LogP contribution is 2.25. The molecule has 0 radical (unpaired) electrons. The van der Waals surface area contributed by atoms with Gasteiger partial charge in [-0.15, -0.1) is 11.3 Å². The Hall–Kier alpha value is -1.35. The first-order valence-electron chi connectivity index (χ1n) is 7.25. The van der Waals surface area contributed by atoms with Crippen molar-refractivity contribution in [2.24, 2.45) is 17.8 Å². The summed E-state index contributed by atoms with van der Waals surface area (Å²) in [6.07, 6.45) is 0. The lowest BCUT2D eigenvalue weighted by Gasteiger charge is -2.24. The van der Waals surface area contributed by atoms with Crippen LogP contribution in [0.25, 0.3) is 10.1 Å². The molecular weight excluding hydrogens is 266 g/mol. The molecule has 0 saturated heterocycles. The Morgan fingerprint density at radius 2 is 1.80 bits per heavy atom. The van der Waals surface area contributed by atoms with E-state index in [4.69, 9.17) is 0 Å². The Labute approximate surface area is 125 Å². The van der Waals surface area contributed by atoms with Gasteiger partial charge in [0, 0.05) is 11.2 Å². The van der Waals surface area contributed by atoms with E-state index in [1.807, 2.05) is 24.3 Å². The summed E-state index contributed by atoms with van der Waals surface area (Å²) in [5.41, 5.74) is 0. The van der Waals surface area contributed by atoms with Crippen LogP contribution in [0, 0.1) is 17.8 Å². The summed E-state index contributed by atoms with van der Waals surface area (Å²) in [4.78, 5) is 13.1. The van der Waals surface area contributed by atoms with Gasteiger partial charge in [0.2, 0.25) is 0 Å². The fourth-order valence-corrected chi connectivity index (χ4v) is 3.61. The molecule has 3 heteroatoms. The minimum Gasteiger partial charge on any atom is -0.351 e. The van der Waals surface area contributed by atoms with Gasteiger partial charge in [-0.05, 0) is 35.3 Å². The molecule has 0 aliphatic heterocycles. The second kappa shape index (κ2) is 6.40. The molecule has 0 fully saturated rings.